The lowest BCUT2D eigenvalue weighted by atomic mass is 10.0. The van der Waals surface area contributed by atoms with Crippen molar-refractivity contribution in [3.63, 3.8) is 0 Å². The lowest BCUT2D eigenvalue weighted by Crippen LogP contribution is -2.36. The average molecular weight is 212 g/mol. The van der Waals surface area contributed by atoms with E-state index in [0.29, 0.717) is 6.42 Å². The van der Waals surface area contributed by atoms with Crippen molar-refractivity contribution in [1.82, 2.24) is 5.43 Å². The fourth-order valence-electron chi connectivity index (χ4n) is 1.44. The third-order valence-electron chi connectivity index (χ3n) is 2.43. The Balaban J connectivity index is 2.74. The van der Waals surface area contributed by atoms with Gasteiger partial charge in [-0.1, -0.05) is 13.0 Å². The number of hydrazine groups is 1. The summed E-state index contributed by atoms with van der Waals surface area (Å²) in [6.07, 6.45) is 1.62. The molecule has 1 rings (SSSR count). The first-order chi connectivity index (χ1) is 7.21. The molecule has 0 saturated carbocycles. The van der Waals surface area contributed by atoms with Gasteiger partial charge in [0.15, 0.2) is 11.6 Å². The molecule has 1 aromatic carbocycles. The van der Waals surface area contributed by atoms with Gasteiger partial charge in [0, 0.05) is 6.04 Å². The van der Waals surface area contributed by atoms with Crippen LogP contribution in [0.15, 0.2) is 18.2 Å². The van der Waals surface area contributed by atoms with Gasteiger partial charge in [-0.2, -0.15) is 0 Å². The Morgan fingerprint density at radius 1 is 1.53 bits per heavy atom. The summed E-state index contributed by atoms with van der Waals surface area (Å²) in [5, 5.41) is 0. The molecule has 15 heavy (non-hydrogen) atoms. The summed E-state index contributed by atoms with van der Waals surface area (Å²) in [4.78, 5) is 0. The molecule has 0 heterocycles. The molecule has 0 spiro atoms. The summed E-state index contributed by atoms with van der Waals surface area (Å²) in [5.74, 6) is 5.30. The zero-order valence-electron chi connectivity index (χ0n) is 9.09. The molecule has 0 bridgehead atoms. The van der Waals surface area contributed by atoms with E-state index < -0.39 is 0 Å². The zero-order chi connectivity index (χ0) is 11.3. The Hall–Kier alpha value is -1.13. The normalized spacial score (nSPS) is 12.5. The number of hydrogen-bond donors (Lipinski definition) is 2. The van der Waals surface area contributed by atoms with E-state index in [0.717, 1.165) is 12.0 Å². The van der Waals surface area contributed by atoms with Crippen LogP contribution in [0.2, 0.25) is 0 Å². The van der Waals surface area contributed by atoms with Crippen LogP contribution in [0.25, 0.3) is 0 Å². The molecule has 0 aliphatic heterocycles. The van der Waals surface area contributed by atoms with Gasteiger partial charge >= 0.3 is 0 Å². The highest BCUT2D eigenvalue weighted by molar-refractivity contribution is 5.29. The Morgan fingerprint density at radius 2 is 2.27 bits per heavy atom. The van der Waals surface area contributed by atoms with Crippen molar-refractivity contribution in [2.24, 2.45) is 5.84 Å². The highest BCUT2D eigenvalue weighted by Crippen LogP contribution is 2.18. The standard InChI is InChI=1S/C11H17FN2O/c1-3-9(14-13)6-8-4-5-11(15-2)10(12)7-8/h4-5,7,9,14H,3,6,13H2,1-2H3. The fourth-order valence-corrected chi connectivity index (χ4v) is 1.44. The van der Waals surface area contributed by atoms with E-state index in [1.807, 2.05) is 13.0 Å². The van der Waals surface area contributed by atoms with E-state index in [9.17, 15) is 4.39 Å². The van der Waals surface area contributed by atoms with E-state index in [-0.39, 0.29) is 17.6 Å². The predicted molar refractivity (Wildman–Crippen MR) is 58.1 cm³/mol. The summed E-state index contributed by atoms with van der Waals surface area (Å²) in [6, 6.07) is 5.15. The van der Waals surface area contributed by atoms with Crippen LogP contribution >= 0.6 is 0 Å². The molecule has 84 valence electrons. The van der Waals surface area contributed by atoms with E-state index in [4.69, 9.17) is 10.6 Å². The van der Waals surface area contributed by atoms with Crippen LogP contribution < -0.4 is 16.0 Å². The van der Waals surface area contributed by atoms with Gasteiger partial charge in [-0.25, -0.2) is 4.39 Å². The van der Waals surface area contributed by atoms with Crippen LogP contribution in [-0.2, 0) is 6.42 Å². The molecule has 0 aliphatic carbocycles. The first kappa shape index (κ1) is 11.9. The van der Waals surface area contributed by atoms with E-state index in [1.54, 1.807) is 6.07 Å². The molecule has 0 fully saturated rings. The fraction of sp³-hybridized carbons (Fsp3) is 0.455. The number of nitrogens with two attached hydrogens (primary N) is 1. The van der Waals surface area contributed by atoms with Gasteiger partial charge in [-0.3, -0.25) is 11.3 Å². The van der Waals surface area contributed by atoms with E-state index in [2.05, 4.69) is 5.43 Å². The Kier molecular flexibility index (Phi) is 4.52. The topological polar surface area (TPSA) is 47.3 Å². The van der Waals surface area contributed by atoms with Crippen molar-refractivity contribution < 1.29 is 9.13 Å². The lowest BCUT2D eigenvalue weighted by Gasteiger charge is -2.13. The summed E-state index contributed by atoms with van der Waals surface area (Å²) in [5.41, 5.74) is 3.61. The van der Waals surface area contributed by atoms with Gasteiger partial charge in [0.2, 0.25) is 0 Å². The second-order valence-electron chi connectivity index (χ2n) is 3.44. The molecular weight excluding hydrogens is 195 g/mol. The molecule has 0 radical (unpaired) electrons. The van der Waals surface area contributed by atoms with E-state index >= 15 is 0 Å². The molecule has 1 unspecified atom stereocenters. The van der Waals surface area contributed by atoms with Gasteiger partial charge in [-0.05, 0) is 30.5 Å². The number of halogens is 1. The minimum absolute atomic E-state index is 0.179. The summed E-state index contributed by atoms with van der Waals surface area (Å²) >= 11 is 0. The average Bonchev–Trinajstić information content (AvgIpc) is 2.26. The lowest BCUT2D eigenvalue weighted by molar-refractivity contribution is 0.386. The smallest absolute Gasteiger partial charge is 0.165 e. The number of nitrogens with one attached hydrogen (secondary N) is 1. The summed E-state index contributed by atoms with van der Waals surface area (Å²) in [6.45, 7) is 2.03. The minimum atomic E-state index is -0.332. The molecule has 1 aromatic rings. The first-order valence-corrected chi connectivity index (χ1v) is 4.99. The van der Waals surface area contributed by atoms with Crippen LogP contribution in [-0.4, -0.2) is 13.2 Å². The van der Waals surface area contributed by atoms with E-state index in [1.165, 1.54) is 13.2 Å². The summed E-state index contributed by atoms with van der Waals surface area (Å²) < 4.78 is 18.2. The highest BCUT2D eigenvalue weighted by Gasteiger charge is 2.08. The second kappa shape index (κ2) is 5.68. The molecule has 1 atom stereocenters. The quantitative estimate of drug-likeness (QED) is 0.576. The van der Waals surface area contributed by atoms with Gasteiger partial charge in [0.1, 0.15) is 0 Å². The molecule has 4 heteroatoms. The Labute approximate surface area is 89.4 Å². The first-order valence-electron chi connectivity index (χ1n) is 4.99. The summed E-state index contributed by atoms with van der Waals surface area (Å²) in [7, 11) is 1.45. The molecule has 3 nitrogen and oxygen atoms in total. The number of methoxy groups -OCH3 is 1. The zero-order valence-corrected chi connectivity index (χ0v) is 9.09. The highest BCUT2D eigenvalue weighted by atomic mass is 19.1. The number of rotatable bonds is 5. The van der Waals surface area contributed by atoms with Crippen molar-refractivity contribution in [3.8, 4) is 5.75 Å². The molecule has 0 amide bonds. The van der Waals surface area contributed by atoms with Gasteiger partial charge in [0.05, 0.1) is 7.11 Å². The third kappa shape index (κ3) is 3.18. The number of benzene rings is 1. The van der Waals surface area contributed by atoms with Crippen molar-refractivity contribution in [2.75, 3.05) is 7.11 Å². The van der Waals surface area contributed by atoms with Crippen LogP contribution in [0, 0.1) is 5.82 Å². The maximum atomic E-state index is 13.3. The molecular formula is C11H17FN2O. The van der Waals surface area contributed by atoms with Gasteiger partial charge in [-0.15, -0.1) is 0 Å². The minimum Gasteiger partial charge on any atom is -0.494 e. The SMILES string of the molecule is CCC(Cc1ccc(OC)c(F)c1)NN. The van der Waals surface area contributed by atoms with Crippen LogP contribution in [0.4, 0.5) is 4.39 Å². The molecule has 0 saturated heterocycles. The molecule has 3 N–H and O–H groups in total. The van der Waals surface area contributed by atoms with Gasteiger partial charge in [0.25, 0.3) is 0 Å². The Bertz CT molecular complexity index is 313. The Morgan fingerprint density at radius 3 is 2.73 bits per heavy atom. The van der Waals surface area contributed by atoms with Crippen molar-refractivity contribution >= 4 is 0 Å². The molecule has 0 aliphatic rings. The third-order valence-corrected chi connectivity index (χ3v) is 2.43. The second-order valence-corrected chi connectivity index (χ2v) is 3.44. The van der Waals surface area contributed by atoms with Crippen LogP contribution in [0.5, 0.6) is 5.75 Å². The van der Waals surface area contributed by atoms with Gasteiger partial charge < -0.3 is 4.74 Å². The van der Waals surface area contributed by atoms with Crippen molar-refractivity contribution in [3.05, 3.63) is 29.6 Å². The number of ether oxygens (including phenoxy) is 1. The maximum Gasteiger partial charge on any atom is 0.165 e. The largest absolute Gasteiger partial charge is 0.494 e. The predicted octanol–water partition coefficient (Wildman–Crippen LogP) is 1.62. The monoisotopic (exact) mass is 212 g/mol. The van der Waals surface area contributed by atoms with Crippen molar-refractivity contribution in [2.45, 2.75) is 25.8 Å². The van der Waals surface area contributed by atoms with Crippen LogP contribution in [0.1, 0.15) is 18.9 Å². The van der Waals surface area contributed by atoms with Crippen molar-refractivity contribution in [1.29, 1.82) is 0 Å². The number of hydrogen-bond acceptors (Lipinski definition) is 3. The molecule has 0 aromatic heterocycles. The van der Waals surface area contributed by atoms with Crippen LogP contribution in [0.3, 0.4) is 0 Å². The maximum absolute atomic E-state index is 13.3.